The summed E-state index contributed by atoms with van der Waals surface area (Å²) in [6, 6.07) is 7.62. The highest BCUT2D eigenvalue weighted by atomic mass is 19.1. The van der Waals surface area contributed by atoms with E-state index in [9.17, 15) is 4.79 Å². The van der Waals surface area contributed by atoms with E-state index in [2.05, 4.69) is 15.2 Å². The van der Waals surface area contributed by atoms with Crippen LogP contribution in [-0.2, 0) is 14.3 Å². The molecule has 1 saturated heterocycles. The second-order valence-corrected chi connectivity index (χ2v) is 8.25. The van der Waals surface area contributed by atoms with Crippen LogP contribution in [0.5, 0.6) is 0 Å². The van der Waals surface area contributed by atoms with E-state index in [1.54, 1.807) is 37.4 Å². The number of hydrogen-bond donors (Lipinski definition) is 1. The zero-order valence-corrected chi connectivity index (χ0v) is 18.9. The zero-order valence-electron chi connectivity index (χ0n) is 18.9. The summed E-state index contributed by atoms with van der Waals surface area (Å²) in [5, 5.41) is 7.71. The van der Waals surface area contributed by atoms with Gasteiger partial charge in [0, 0.05) is 29.9 Å². The second-order valence-electron chi connectivity index (χ2n) is 8.25. The molecule has 2 N–H and O–H groups in total. The van der Waals surface area contributed by atoms with Crippen molar-refractivity contribution in [2.45, 2.75) is 46.3 Å². The molecule has 2 aromatic heterocycles. The van der Waals surface area contributed by atoms with E-state index in [-0.39, 0.29) is 12.5 Å². The maximum absolute atomic E-state index is 15.0. The maximum Gasteiger partial charge on any atom is 0.325 e. The predicted octanol–water partition coefficient (Wildman–Crippen LogP) is 3.28. The van der Waals surface area contributed by atoms with Crippen molar-refractivity contribution < 1.29 is 23.1 Å². The lowest BCUT2D eigenvalue weighted by Gasteiger charge is -2.21. The minimum absolute atomic E-state index is 0.0475. The van der Waals surface area contributed by atoms with Crippen LogP contribution in [0.1, 0.15) is 26.7 Å². The number of benzene rings is 1. The first-order valence-corrected chi connectivity index (χ1v) is 10.7. The van der Waals surface area contributed by atoms with E-state index < -0.39 is 30.3 Å². The molecule has 0 radical (unpaired) electrons. The van der Waals surface area contributed by atoms with Gasteiger partial charge in [-0.15, -0.1) is 10.2 Å². The molecule has 174 valence electrons. The Labute approximate surface area is 190 Å². The Kier molecular flexibility index (Phi) is 6.39. The van der Waals surface area contributed by atoms with Gasteiger partial charge in [0.2, 0.25) is 12.2 Å². The minimum Gasteiger partial charge on any atom is -0.433 e. The van der Waals surface area contributed by atoms with Crippen LogP contribution < -0.4 is 10.6 Å². The van der Waals surface area contributed by atoms with Crippen LogP contribution in [0.25, 0.3) is 22.7 Å². The van der Waals surface area contributed by atoms with Crippen LogP contribution in [0, 0.1) is 18.7 Å². The topological polar surface area (TPSA) is 117 Å². The normalized spacial score (nSPS) is 19.2. The highest BCUT2D eigenvalue weighted by Gasteiger charge is 2.34. The summed E-state index contributed by atoms with van der Waals surface area (Å²) in [5.41, 5.74) is 7.98. The lowest BCUT2D eigenvalue weighted by Crippen LogP contribution is -2.39. The summed E-state index contributed by atoms with van der Waals surface area (Å²) >= 11 is 0. The number of rotatable bonds is 6. The molecule has 0 spiro atoms. The standard InChI is InChI=1S/C23H26FN5O4/c1-12(2)21(25)23(30)33-20-11-29(14(4)32-20)16-6-7-17(18(24)9-16)15-5-8-19(26-10-15)22-28-27-13(3)31-22/h5-10,12,14,20-21H,11,25H2,1-4H3/t14-,20?,21+/m1/s1. The molecule has 1 fully saturated rings. The molecule has 1 aromatic carbocycles. The molecule has 0 saturated carbocycles. The van der Waals surface area contributed by atoms with Crippen LogP contribution in [0.4, 0.5) is 10.1 Å². The third-order valence-corrected chi connectivity index (χ3v) is 5.48. The molecule has 1 aliphatic rings. The molecule has 0 bridgehead atoms. The van der Waals surface area contributed by atoms with Crippen LogP contribution in [-0.4, -0.2) is 46.3 Å². The van der Waals surface area contributed by atoms with E-state index in [0.29, 0.717) is 34.3 Å². The van der Waals surface area contributed by atoms with E-state index in [1.165, 1.54) is 6.07 Å². The third kappa shape index (κ3) is 4.86. The van der Waals surface area contributed by atoms with E-state index in [1.807, 2.05) is 25.7 Å². The molecular weight excluding hydrogens is 429 g/mol. The molecule has 3 atom stereocenters. The van der Waals surface area contributed by atoms with E-state index >= 15 is 4.39 Å². The largest absolute Gasteiger partial charge is 0.433 e. The van der Waals surface area contributed by atoms with Gasteiger partial charge in [0.05, 0.1) is 6.54 Å². The van der Waals surface area contributed by atoms with Gasteiger partial charge in [0.1, 0.15) is 23.8 Å². The number of halogens is 1. The number of carbonyl (C=O) groups excluding carboxylic acids is 1. The van der Waals surface area contributed by atoms with Gasteiger partial charge in [-0.05, 0) is 37.1 Å². The van der Waals surface area contributed by atoms with Gasteiger partial charge in [-0.2, -0.15) is 0 Å². The number of aryl methyl sites for hydroxylation is 1. The molecule has 33 heavy (non-hydrogen) atoms. The molecule has 0 aliphatic carbocycles. The molecule has 9 nitrogen and oxygen atoms in total. The summed E-state index contributed by atoms with van der Waals surface area (Å²) in [6.07, 6.45) is 0.384. The van der Waals surface area contributed by atoms with Crippen molar-refractivity contribution in [2.24, 2.45) is 11.7 Å². The number of nitrogens with zero attached hydrogens (tertiary/aromatic N) is 4. The van der Waals surface area contributed by atoms with Crippen molar-refractivity contribution in [2.75, 3.05) is 11.4 Å². The first kappa shape index (κ1) is 22.8. The summed E-state index contributed by atoms with van der Waals surface area (Å²) < 4.78 is 31.5. The lowest BCUT2D eigenvalue weighted by atomic mass is 10.1. The van der Waals surface area contributed by atoms with Crippen molar-refractivity contribution >= 4 is 11.7 Å². The summed E-state index contributed by atoms with van der Waals surface area (Å²) in [5.74, 6) is -0.226. The number of ether oxygens (including phenoxy) is 2. The molecule has 0 amide bonds. The first-order valence-electron chi connectivity index (χ1n) is 10.7. The summed E-state index contributed by atoms with van der Waals surface area (Å²) in [4.78, 5) is 18.3. The maximum atomic E-state index is 15.0. The number of aromatic nitrogens is 3. The molecule has 3 heterocycles. The van der Waals surface area contributed by atoms with Gasteiger partial charge in [0.15, 0.2) is 0 Å². The van der Waals surface area contributed by atoms with Crippen molar-refractivity contribution in [3.05, 3.63) is 48.2 Å². The van der Waals surface area contributed by atoms with Crippen LogP contribution in [0.15, 0.2) is 40.9 Å². The number of pyridine rings is 1. The van der Waals surface area contributed by atoms with E-state index in [0.717, 1.165) is 0 Å². The Bertz CT molecular complexity index is 1130. The third-order valence-electron chi connectivity index (χ3n) is 5.48. The fourth-order valence-electron chi connectivity index (χ4n) is 3.50. The quantitative estimate of drug-likeness (QED) is 0.559. The van der Waals surface area contributed by atoms with E-state index in [4.69, 9.17) is 19.6 Å². The molecule has 1 aliphatic heterocycles. The van der Waals surface area contributed by atoms with Gasteiger partial charge in [0.25, 0.3) is 5.89 Å². The Hall–Kier alpha value is -3.37. The van der Waals surface area contributed by atoms with Crippen molar-refractivity contribution in [3.63, 3.8) is 0 Å². The first-order chi connectivity index (χ1) is 15.7. The number of anilines is 1. The fourth-order valence-corrected chi connectivity index (χ4v) is 3.50. The zero-order chi connectivity index (χ0) is 23.7. The van der Waals surface area contributed by atoms with Gasteiger partial charge in [-0.3, -0.25) is 9.78 Å². The van der Waals surface area contributed by atoms with Crippen LogP contribution in [0.2, 0.25) is 0 Å². The number of hydrogen-bond acceptors (Lipinski definition) is 9. The Morgan fingerprint density at radius 3 is 2.67 bits per heavy atom. The summed E-state index contributed by atoms with van der Waals surface area (Å²) in [6.45, 7) is 7.46. The summed E-state index contributed by atoms with van der Waals surface area (Å²) in [7, 11) is 0. The number of nitrogens with two attached hydrogens (primary N) is 1. The number of carbonyl (C=O) groups is 1. The molecule has 10 heteroatoms. The molecular formula is C23H26FN5O4. The predicted molar refractivity (Wildman–Crippen MR) is 118 cm³/mol. The average Bonchev–Trinajstić information content (AvgIpc) is 3.38. The average molecular weight is 455 g/mol. The smallest absolute Gasteiger partial charge is 0.325 e. The molecule has 3 aromatic rings. The monoisotopic (exact) mass is 455 g/mol. The van der Waals surface area contributed by atoms with Gasteiger partial charge < -0.3 is 24.5 Å². The lowest BCUT2D eigenvalue weighted by molar-refractivity contribution is -0.174. The molecule has 4 rings (SSSR count). The number of esters is 1. The highest BCUT2D eigenvalue weighted by molar-refractivity contribution is 5.76. The minimum atomic E-state index is -0.773. The van der Waals surface area contributed by atoms with Crippen LogP contribution in [0.3, 0.4) is 0 Å². The van der Waals surface area contributed by atoms with Gasteiger partial charge in [-0.25, -0.2) is 4.39 Å². The van der Waals surface area contributed by atoms with Gasteiger partial charge in [-0.1, -0.05) is 19.9 Å². The van der Waals surface area contributed by atoms with Gasteiger partial charge >= 0.3 is 5.97 Å². The Morgan fingerprint density at radius 2 is 2.06 bits per heavy atom. The van der Waals surface area contributed by atoms with Crippen LogP contribution >= 0.6 is 0 Å². The van der Waals surface area contributed by atoms with Crippen molar-refractivity contribution in [1.29, 1.82) is 0 Å². The SMILES string of the molecule is Cc1nnc(-c2ccc(-c3ccc(N4CC(OC(=O)[C@@H](N)C(C)C)O[C@@H]4C)cc3F)cn2)o1. The highest BCUT2D eigenvalue weighted by Crippen LogP contribution is 2.31. The Balaban J connectivity index is 1.47. The fraction of sp³-hybridized carbons (Fsp3) is 0.391. The van der Waals surface area contributed by atoms with Crippen molar-refractivity contribution in [3.8, 4) is 22.7 Å². The molecule has 1 unspecified atom stereocenters. The second kappa shape index (κ2) is 9.24. The Morgan fingerprint density at radius 1 is 1.27 bits per heavy atom. The van der Waals surface area contributed by atoms with Crippen molar-refractivity contribution in [1.82, 2.24) is 15.2 Å².